The number of rotatable bonds is 40. The number of unbranched alkanes of at least 4 members (excludes halogenated alkanes) is 23. The number of hydrogen-bond donors (Lipinski definition) is 0. The molecule has 0 rings (SSSR count). The van der Waals surface area contributed by atoms with E-state index in [1.54, 1.807) is 0 Å². The van der Waals surface area contributed by atoms with Crippen LogP contribution in [0, 0.1) is 22.2 Å². The molecule has 0 saturated carbocycles. The number of ether oxygens (including phenoxy) is 3. The van der Waals surface area contributed by atoms with Crippen molar-refractivity contribution in [1.29, 1.82) is 0 Å². The first-order valence-corrected chi connectivity index (χ1v) is 25.1. The zero-order valence-corrected chi connectivity index (χ0v) is 40.3. The van der Waals surface area contributed by atoms with Gasteiger partial charge in [-0.15, -0.1) is 0 Å². The van der Waals surface area contributed by atoms with Crippen LogP contribution in [0.15, 0.2) is 0 Å². The first kappa shape index (κ1) is 54.9. The van der Waals surface area contributed by atoms with Crippen LogP contribution in [0.3, 0.4) is 0 Å². The second kappa shape index (κ2) is 34.7. The molecule has 1 unspecified atom stereocenters. The molecule has 1 atom stereocenters. The van der Waals surface area contributed by atoms with Crippen molar-refractivity contribution >= 4 is 0 Å². The summed E-state index contributed by atoms with van der Waals surface area (Å²) in [4.78, 5) is 0. The van der Waals surface area contributed by atoms with E-state index in [-0.39, 0.29) is 0 Å². The predicted octanol–water partition coefficient (Wildman–Crippen LogP) is 18.4. The molecular weight excluding hydrogens is 673 g/mol. The van der Waals surface area contributed by atoms with E-state index < -0.39 is 5.97 Å². The Balaban J connectivity index is 5.34. The van der Waals surface area contributed by atoms with Crippen molar-refractivity contribution in [2.24, 2.45) is 22.2 Å². The van der Waals surface area contributed by atoms with Gasteiger partial charge < -0.3 is 14.2 Å². The fraction of sp³-hybridized carbons (Fsp3) is 1.00. The molecule has 0 heterocycles. The maximum Gasteiger partial charge on any atom is 0.285 e. The van der Waals surface area contributed by atoms with Crippen LogP contribution in [0.5, 0.6) is 0 Å². The second-order valence-corrected chi connectivity index (χ2v) is 21.5. The molecule has 0 aromatic heterocycles. The van der Waals surface area contributed by atoms with E-state index in [0.717, 1.165) is 58.3 Å². The van der Waals surface area contributed by atoms with Crippen LogP contribution in [0.1, 0.15) is 288 Å². The molecule has 0 amide bonds. The van der Waals surface area contributed by atoms with Crippen LogP contribution in [-0.2, 0) is 14.2 Å². The molecule has 0 N–H and O–H groups in total. The predicted molar refractivity (Wildman–Crippen MR) is 246 cm³/mol. The third-order valence-electron chi connectivity index (χ3n) is 11.7. The highest BCUT2D eigenvalue weighted by Crippen LogP contribution is 2.35. The first-order valence-electron chi connectivity index (χ1n) is 25.1. The summed E-state index contributed by atoms with van der Waals surface area (Å²) < 4.78 is 20.9. The highest BCUT2D eigenvalue weighted by molar-refractivity contribution is 4.74. The van der Waals surface area contributed by atoms with Crippen LogP contribution in [-0.4, -0.2) is 25.8 Å². The van der Waals surface area contributed by atoms with Crippen molar-refractivity contribution in [3.05, 3.63) is 0 Å². The average Bonchev–Trinajstić information content (AvgIpc) is 3.09. The van der Waals surface area contributed by atoms with Gasteiger partial charge >= 0.3 is 0 Å². The minimum atomic E-state index is -0.883. The van der Waals surface area contributed by atoms with Crippen LogP contribution < -0.4 is 0 Å². The highest BCUT2D eigenvalue weighted by Gasteiger charge is 2.42. The molecule has 0 aliphatic heterocycles. The lowest BCUT2D eigenvalue weighted by Gasteiger charge is -2.40. The number of hydrogen-bond acceptors (Lipinski definition) is 3. The SMILES string of the molecule is CCCCCCCCC(CCC)C(OCCCCCCCCCC(C)(C)C)(OCCCCCCCCCC(C)(C)C)OCCCCCCCCCC(C)(C)C. The summed E-state index contributed by atoms with van der Waals surface area (Å²) in [6.07, 6.45) is 42.9. The molecule has 3 nitrogen and oxygen atoms in total. The van der Waals surface area contributed by atoms with E-state index in [4.69, 9.17) is 14.2 Å². The topological polar surface area (TPSA) is 27.7 Å². The first-order chi connectivity index (χ1) is 26.1. The molecule has 55 heavy (non-hydrogen) atoms. The Labute approximate surface area is 349 Å². The molecule has 0 spiro atoms. The van der Waals surface area contributed by atoms with Crippen molar-refractivity contribution in [2.75, 3.05) is 19.8 Å². The van der Waals surface area contributed by atoms with Crippen molar-refractivity contribution in [3.63, 3.8) is 0 Å². The standard InChI is InChI=1S/C52H106O3/c1-12-14-15-16-26-33-41-48(40-13-2)52(53-45-37-30-23-17-20-27-34-42-49(3,4)5,54-46-38-31-24-18-21-28-35-43-50(6,7)8)55-47-39-32-25-19-22-29-36-44-51(9,10)11/h48H,12-47H2,1-11H3. The van der Waals surface area contributed by atoms with Crippen LogP contribution in [0.2, 0.25) is 0 Å². The van der Waals surface area contributed by atoms with Gasteiger partial charge in [-0.2, -0.15) is 0 Å². The van der Waals surface area contributed by atoms with E-state index >= 15 is 0 Å². The van der Waals surface area contributed by atoms with E-state index in [1.165, 1.54) is 173 Å². The summed E-state index contributed by atoms with van der Waals surface area (Å²) in [5.41, 5.74) is 1.41. The summed E-state index contributed by atoms with van der Waals surface area (Å²) in [5.74, 6) is -0.580. The van der Waals surface area contributed by atoms with Crippen LogP contribution in [0.25, 0.3) is 0 Å². The van der Waals surface area contributed by atoms with Crippen molar-refractivity contribution < 1.29 is 14.2 Å². The Kier molecular flexibility index (Phi) is 34.6. The fourth-order valence-electron chi connectivity index (χ4n) is 8.06. The van der Waals surface area contributed by atoms with Gasteiger partial charge in [0.1, 0.15) is 0 Å². The van der Waals surface area contributed by atoms with Gasteiger partial charge in [0, 0.05) is 5.92 Å². The summed E-state index contributed by atoms with van der Waals surface area (Å²) in [5, 5.41) is 0. The smallest absolute Gasteiger partial charge is 0.285 e. The molecule has 0 aromatic carbocycles. The van der Waals surface area contributed by atoms with Gasteiger partial charge in [-0.3, -0.25) is 0 Å². The molecule has 0 aromatic rings. The minimum absolute atomic E-state index is 0.303. The maximum absolute atomic E-state index is 6.98. The van der Waals surface area contributed by atoms with Crippen LogP contribution >= 0.6 is 0 Å². The molecule has 3 heteroatoms. The summed E-state index contributed by atoms with van der Waals surface area (Å²) in [7, 11) is 0. The molecule has 0 aliphatic rings. The van der Waals surface area contributed by atoms with Crippen molar-refractivity contribution in [1.82, 2.24) is 0 Å². The Morgan fingerprint density at radius 1 is 0.291 bits per heavy atom. The third-order valence-corrected chi connectivity index (χ3v) is 11.7. The van der Waals surface area contributed by atoms with Crippen molar-refractivity contribution in [2.45, 2.75) is 294 Å². The van der Waals surface area contributed by atoms with E-state index in [9.17, 15) is 0 Å². The Hall–Kier alpha value is -0.120. The zero-order valence-electron chi connectivity index (χ0n) is 40.3. The lowest BCUT2D eigenvalue weighted by Crippen LogP contribution is -2.47. The van der Waals surface area contributed by atoms with E-state index in [1.807, 2.05) is 0 Å². The Bertz CT molecular complexity index is 701. The molecule has 0 saturated heterocycles. The average molecular weight is 779 g/mol. The Morgan fingerprint density at radius 3 is 0.855 bits per heavy atom. The van der Waals surface area contributed by atoms with Crippen molar-refractivity contribution in [3.8, 4) is 0 Å². The normalized spacial score (nSPS) is 13.6. The van der Waals surface area contributed by atoms with Gasteiger partial charge in [-0.25, -0.2) is 0 Å². The zero-order chi connectivity index (χ0) is 41.2. The van der Waals surface area contributed by atoms with Gasteiger partial charge in [-0.1, -0.05) is 237 Å². The van der Waals surface area contributed by atoms with Gasteiger partial charge in [0.25, 0.3) is 5.97 Å². The Morgan fingerprint density at radius 2 is 0.564 bits per heavy atom. The quantitative estimate of drug-likeness (QED) is 0.0458. The third kappa shape index (κ3) is 37.9. The molecule has 0 radical (unpaired) electrons. The van der Waals surface area contributed by atoms with Crippen LogP contribution in [0.4, 0.5) is 0 Å². The molecular formula is C52H106O3. The van der Waals surface area contributed by atoms with E-state index in [2.05, 4.69) is 76.2 Å². The summed E-state index contributed by atoms with van der Waals surface area (Å²) in [6.45, 7) is 28.2. The highest BCUT2D eigenvalue weighted by atomic mass is 16.9. The minimum Gasteiger partial charge on any atom is -0.327 e. The molecule has 0 fully saturated rings. The maximum atomic E-state index is 6.98. The molecule has 332 valence electrons. The van der Waals surface area contributed by atoms with Gasteiger partial charge in [0.2, 0.25) is 0 Å². The molecule has 0 bridgehead atoms. The van der Waals surface area contributed by atoms with Gasteiger partial charge in [0.05, 0.1) is 19.8 Å². The summed E-state index contributed by atoms with van der Waals surface area (Å²) >= 11 is 0. The lowest BCUT2D eigenvalue weighted by molar-refractivity contribution is -0.407. The fourth-order valence-corrected chi connectivity index (χ4v) is 8.06. The van der Waals surface area contributed by atoms with Gasteiger partial charge in [0.15, 0.2) is 0 Å². The van der Waals surface area contributed by atoms with Gasteiger partial charge in [-0.05, 0) is 67.6 Å². The lowest BCUT2D eigenvalue weighted by atomic mass is 9.89. The molecule has 0 aliphatic carbocycles. The largest absolute Gasteiger partial charge is 0.327 e. The second-order valence-electron chi connectivity index (χ2n) is 21.5. The monoisotopic (exact) mass is 779 g/mol. The summed E-state index contributed by atoms with van der Waals surface area (Å²) in [6, 6.07) is 0. The van der Waals surface area contributed by atoms with E-state index in [0.29, 0.717) is 22.2 Å².